The van der Waals surface area contributed by atoms with E-state index in [0.29, 0.717) is 0 Å². The van der Waals surface area contributed by atoms with Crippen molar-refractivity contribution >= 4 is 11.7 Å². The summed E-state index contributed by atoms with van der Waals surface area (Å²) in [6.07, 6.45) is 0. The number of nitriles is 1. The van der Waals surface area contributed by atoms with Crippen LogP contribution in [-0.4, -0.2) is 22.5 Å². The van der Waals surface area contributed by atoms with Crippen LogP contribution in [0.15, 0.2) is 12.1 Å². The molecule has 0 radical (unpaired) electrons. The van der Waals surface area contributed by atoms with Gasteiger partial charge in [-0.1, -0.05) is 0 Å². The summed E-state index contributed by atoms with van der Waals surface area (Å²) in [7, 11) is 0. The van der Waals surface area contributed by atoms with Gasteiger partial charge < -0.3 is 4.74 Å². The summed E-state index contributed by atoms with van der Waals surface area (Å²) < 4.78 is 4.73. The highest BCUT2D eigenvalue weighted by Crippen LogP contribution is 2.21. The smallest absolute Gasteiger partial charge is 0.329 e. The molecule has 1 aromatic rings. The molecule has 0 bridgehead atoms. The Labute approximate surface area is 103 Å². The summed E-state index contributed by atoms with van der Waals surface area (Å²) >= 11 is 0. The van der Waals surface area contributed by atoms with E-state index < -0.39 is 16.8 Å². The number of nitro groups is 1. The molecular weight excluding hydrogens is 238 g/mol. The van der Waals surface area contributed by atoms with Crippen molar-refractivity contribution in [3.8, 4) is 6.07 Å². The summed E-state index contributed by atoms with van der Waals surface area (Å²) in [5, 5.41) is 19.5. The second-order valence-corrected chi connectivity index (χ2v) is 3.41. The molecule has 0 aromatic carbocycles. The topological polar surface area (TPSA) is 106 Å². The molecule has 7 nitrogen and oxygen atoms in total. The highest BCUT2D eigenvalue weighted by atomic mass is 16.6. The Morgan fingerprint density at radius 1 is 1.67 bits per heavy atom. The summed E-state index contributed by atoms with van der Waals surface area (Å²) in [6.45, 7) is 3.23. The third kappa shape index (κ3) is 2.79. The molecule has 0 saturated carbocycles. The molecule has 0 aliphatic rings. The maximum absolute atomic E-state index is 11.5. The van der Waals surface area contributed by atoms with Gasteiger partial charge in [-0.15, -0.1) is 0 Å². The largest absolute Gasteiger partial charge is 0.465 e. The molecule has 18 heavy (non-hydrogen) atoms. The first kappa shape index (κ1) is 13.6. The van der Waals surface area contributed by atoms with Gasteiger partial charge in [0.15, 0.2) is 5.92 Å². The zero-order valence-electron chi connectivity index (χ0n) is 9.91. The van der Waals surface area contributed by atoms with E-state index in [4.69, 9.17) is 10.00 Å². The number of hydrogen-bond donors (Lipinski definition) is 0. The van der Waals surface area contributed by atoms with Crippen LogP contribution < -0.4 is 0 Å². The lowest BCUT2D eigenvalue weighted by Gasteiger charge is -2.08. The number of esters is 1. The van der Waals surface area contributed by atoms with Crippen molar-refractivity contribution in [2.45, 2.75) is 19.8 Å². The van der Waals surface area contributed by atoms with Crippen molar-refractivity contribution in [1.82, 2.24) is 4.98 Å². The fourth-order valence-electron chi connectivity index (χ4n) is 1.39. The van der Waals surface area contributed by atoms with Crippen LogP contribution in [-0.2, 0) is 9.53 Å². The normalized spacial score (nSPS) is 11.4. The lowest BCUT2D eigenvalue weighted by molar-refractivity contribution is -0.385. The molecule has 94 valence electrons. The number of aromatic nitrogens is 1. The lowest BCUT2D eigenvalue weighted by atomic mass is 10.1. The van der Waals surface area contributed by atoms with E-state index in [1.165, 1.54) is 19.1 Å². The molecule has 0 saturated heterocycles. The summed E-state index contributed by atoms with van der Waals surface area (Å²) in [4.78, 5) is 25.4. The maximum atomic E-state index is 11.5. The SMILES string of the molecule is CCOC(=O)C(C#N)c1ccc([N+](=O)[O-])c(C)n1. The summed E-state index contributed by atoms with van der Waals surface area (Å²) in [6, 6.07) is 4.28. The molecule has 1 aromatic heterocycles. The van der Waals surface area contributed by atoms with Gasteiger partial charge in [-0.2, -0.15) is 5.26 Å². The third-order valence-corrected chi connectivity index (χ3v) is 2.22. The Morgan fingerprint density at radius 3 is 2.78 bits per heavy atom. The van der Waals surface area contributed by atoms with Crippen LogP contribution in [0.4, 0.5) is 5.69 Å². The Kier molecular flexibility index (Phi) is 4.32. The Hall–Kier alpha value is -2.49. The number of rotatable bonds is 4. The summed E-state index contributed by atoms with van der Waals surface area (Å²) in [5.41, 5.74) is 0.153. The molecule has 0 spiro atoms. The minimum atomic E-state index is -1.16. The highest BCUT2D eigenvalue weighted by Gasteiger charge is 2.24. The molecule has 1 rings (SSSR count). The van der Waals surface area contributed by atoms with E-state index in [-0.39, 0.29) is 23.7 Å². The number of carbonyl (C=O) groups excluding carboxylic acids is 1. The highest BCUT2D eigenvalue weighted by molar-refractivity contribution is 5.80. The van der Waals surface area contributed by atoms with Crippen LogP contribution in [0.2, 0.25) is 0 Å². The van der Waals surface area contributed by atoms with Crippen LogP contribution in [0.1, 0.15) is 24.2 Å². The van der Waals surface area contributed by atoms with E-state index in [0.717, 1.165) is 0 Å². The average Bonchev–Trinajstić information content (AvgIpc) is 2.29. The van der Waals surface area contributed by atoms with Crippen LogP contribution in [0, 0.1) is 28.4 Å². The van der Waals surface area contributed by atoms with Gasteiger partial charge in [-0.3, -0.25) is 14.9 Å². The average molecular weight is 249 g/mol. The number of hydrogen-bond acceptors (Lipinski definition) is 6. The first-order valence-electron chi connectivity index (χ1n) is 5.19. The van der Waals surface area contributed by atoms with E-state index in [2.05, 4.69) is 4.98 Å². The fraction of sp³-hybridized carbons (Fsp3) is 0.364. The second-order valence-electron chi connectivity index (χ2n) is 3.41. The van der Waals surface area contributed by atoms with Crippen molar-refractivity contribution in [1.29, 1.82) is 5.26 Å². The van der Waals surface area contributed by atoms with Crippen molar-refractivity contribution in [3.05, 3.63) is 33.6 Å². The van der Waals surface area contributed by atoms with Crippen LogP contribution in [0.3, 0.4) is 0 Å². The minimum absolute atomic E-state index is 0.152. The quantitative estimate of drug-likeness (QED) is 0.454. The Morgan fingerprint density at radius 2 is 2.33 bits per heavy atom. The van der Waals surface area contributed by atoms with Crippen molar-refractivity contribution < 1.29 is 14.5 Å². The molecule has 0 aliphatic carbocycles. The minimum Gasteiger partial charge on any atom is -0.465 e. The monoisotopic (exact) mass is 249 g/mol. The van der Waals surface area contributed by atoms with Crippen molar-refractivity contribution in [3.63, 3.8) is 0 Å². The molecule has 0 amide bonds. The molecule has 1 atom stereocenters. The van der Waals surface area contributed by atoms with Crippen LogP contribution in [0.5, 0.6) is 0 Å². The van der Waals surface area contributed by atoms with E-state index >= 15 is 0 Å². The third-order valence-electron chi connectivity index (χ3n) is 2.22. The number of pyridine rings is 1. The zero-order chi connectivity index (χ0) is 13.7. The van der Waals surface area contributed by atoms with E-state index in [9.17, 15) is 14.9 Å². The molecule has 0 N–H and O–H groups in total. The van der Waals surface area contributed by atoms with Gasteiger partial charge >= 0.3 is 5.97 Å². The predicted octanol–water partition coefficient (Wildman–Crippen LogP) is 1.47. The maximum Gasteiger partial charge on any atom is 0.329 e. The number of carbonyl (C=O) groups is 1. The number of ether oxygens (including phenoxy) is 1. The second kappa shape index (κ2) is 5.72. The molecule has 1 heterocycles. The van der Waals surface area contributed by atoms with Gasteiger partial charge in [0.05, 0.1) is 23.3 Å². The van der Waals surface area contributed by atoms with Crippen LogP contribution in [0.25, 0.3) is 0 Å². The molecule has 0 fully saturated rings. The Balaban J connectivity index is 3.10. The summed E-state index contributed by atoms with van der Waals surface area (Å²) in [5.74, 6) is -1.87. The first-order chi connectivity index (χ1) is 8.51. The molecule has 1 unspecified atom stereocenters. The number of aryl methyl sites for hydroxylation is 1. The standard InChI is InChI=1S/C11H11N3O4/c1-3-18-11(15)8(6-12)9-4-5-10(14(16)17)7(2)13-9/h4-5,8H,3H2,1-2H3. The van der Waals surface area contributed by atoms with Gasteiger partial charge in [0, 0.05) is 6.07 Å². The van der Waals surface area contributed by atoms with Crippen molar-refractivity contribution in [2.24, 2.45) is 0 Å². The van der Waals surface area contributed by atoms with Crippen LogP contribution >= 0.6 is 0 Å². The van der Waals surface area contributed by atoms with Gasteiger partial charge in [0.2, 0.25) is 0 Å². The first-order valence-corrected chi connectivity index (χ1v) is 5.19. The van der Waals surface area contributed by atoms with Crippen molar-refractivity contribution in [2.75, 3.05) is 6.61 Å². The van der Waals surface area contributed by atoms with Gasteiger partial charge in [-0.05, 0) is 19.9 Å². The van der Waals surface area contributed by atoms with E-state index in [1.807, 2.05) is 0 Å². The zero-order valence-corrected chi connectivity index (χ0v) is 9.91. The van der Waals surface area contributed by atoms with Gasteiger partial charge in [0.1, 0.15) is 5.69 Å². The predicted molar refractivity (Wildman–Crippen MR) is 60.6 cm³/mol. The van der Waals surface area contributed by atoms with E-state index in [1.54, 1.807) is 13.0 Å². The van der Waals surface area contributed by atoms with Gasteiger partial charge in [-0.25, -0.2) is 4.98 Å². The Bertz CT molecular complexity index is 522. The lowest BCUT2D eigenvalue weighted by Crippen LogP contribution is -2.16. The molecular formula is C11H11N3O4. The van der Waals surface area contributed by atoms with Gasteiger partial charge in [0.25, 0.3) is 5.69 Å². The molecule has 0 aliphatic heterocycles. The fourth-order valence-corrected chi connectivity index (χ4v) is 1.39. The molecule has 7 heteroatoms. The number of nitrogens with zero attached hydrogens (tertiary/aromatic N) is 3.